The molecule has 104 valence electrons. The van der Waals surface area contributed by atoms with Crippen LogP contribution < -0.4 is 5.73 Å². The van der Waals surface area contributed by atoms with Gasteiger partial charge in [0.25, 0.3) is 0 Å². The van der Waals surface area contributed by atoms with Crippen LogP contribution in [0.4, 0.5) is 5.95 Å². The lowest BCUT2D eigenvalue weighted by atomic mass is 9.82. The third-order valence-corrected chi connectivity index (χ3v) is 3.88. The Balaban J connectivity index is 2.06. The predicted molar refractivity (Wildman–Crippen MR) is 79.6 cm³/mol. The summed E-state index contributed by atoms with van der Waals surface area (Å²) in [5.74, 6) is 2.46. The van der Waals surface area contributed by atoms with Crippen molar-refractivity contribution in [3.8, 4) is 0 Å². The molecule has 0 amide bonds. The maximum atomic E-state index is 5.86. The van der Waals surface area contributed by atoms with Crippen LogP contribution in [0.2, 0.25) is 0 Å². The molecule has 0 saturated carbocycles. The topological polar surface area (TPSA) is 64.7 Å². The fraction of sp³-hybridized carbons (Fsp3) is 0.438. The molecule has 2 N–H and O–H groups in total. The van der Waals surface area contributed by atoms with E-state index in [9.17, 15) is 0 Å². The van der Waals surface area contributed by atoms with Crippen LogP contribution in [-0.2, 0) is 6.42 Å². The van der Waals surface area contributed by atoms with E-state index >= 15 is 0 Å². The number of aromatic nitrogens is 3. The molecular weight excluding hydrogens is 248 g/mol. The van der Waals surface area contributed by atoms with Crippen molar-refractivity contribution in [1.29, 1.82) is 0 Å². The van der Waals surface area contributed by atoms with Crippen molar-refractivity contribution >= 4 is 5.95 Å². The van der Waals surface area contributed by atoms with E-state index in [1.54, 1.807) is 0 Å². The second-order valence-electron chi connectivity index (χ2n) is 5.71. The van der Waals surface area contributed by atoms with E-state index in [2.05, 4.69) is 53.1 Å². The Labute approximate surface area is 119 Å². The van der Waals surface area contributed by atoms with Crippen LogP contribution in [0.3, 0.4) is 0 Å². The minimum absolute atomic E-state index is 0.253. The van der Waals surface area contributed by atoms with Gasteiger partial charge in [0, 0.05) is 11.8 Å². The summed E-state index contributed by atoms with van der Waals surface area (Å²) in [5, 5.41) is 0. The molecule has 0 bridgehead atoms. The third kappa shape index (κ3) is 2.38. The van der Waals surface area contributed by atoms with Crippen molar-refractivity contribution in [1.82, 2.24) is 15.0 Å². The Morgan fingerprint density at radius 3 is 2.75 bits per heavy atom. The molecule has 0 fully saturated rings. The summed E-state index contributed by atoms with van der Waals surface area (Å²) in [6.45, 7) is 4.15. The largest absolute Gasteiger partial charge is 0.368 e. The monoisotopic (exact) mass is 268 g/mol. The standard InChI is InChI=1S/C16H20N4/c1-10(2)14-18-15(20-16(17)19-14)13-9-5-7-11-6-3-4-8-12(11)13/h3-4,6,8,10,13H,5,7,9H2,1-2H3,(H2,17,18,19,20). The van der Waals surface area contributed by atoms with E-state index in [1.165, 1.54) is 17.5 Å². The molecule has 1 heterocycles. The van der Waals surface area contributed by atoms with Crippen molar-refractivity contribution in [2.24, 2.45) is 0 Å². The van der Waals surface area contributed by atoms with E-state index < -0.39 is 0 Å². The van der Waals surface area contributed by atoms with Gasteiger partial charge in [-0.25, -0.2) is 4.98 Å². The van der Waals surface area contributed by atoms with Gasteiger partial charge < -0.3 is 5.73 Å². The zero-order chi connectivity index (χ0) is 14.1. The minimum atomic E-state index is 0.253. The molecule has 0 aliphatic heterocycles. The summed E-state index contributed by atoms with van der Waals surface area (Å²) in [7, 11) is 0. The summed E-state index contributed by atoms with van der Waals surface area (Å²) in [6, 6.07) is 8.58. The molecule has 1 unspecified atom stereocenters. The highest BCUT2D eigenvalue weighted by molar-refractivity contribution is 5.37. The maximum Gasteiger partial charge on any atom is 0.223 e. The van der Waals surface area contributed by atoms with Gasteiger partial charge in [-0.1, -0.05) is 38.1 Å². The van der Waals surface area contributed by atoms with Gasteiger partial charge in [-0.05, 0) is 30.4 Å². The molecule has 1 aliphatic rings. The maximum absolute atomic E-state index is 5.86. The number of benzene rings is 1. The Bertz CT molecular complexity index is 622. The van der Waals surface area contributed by atoms with E-state index in [-0.39, 0.29) is 11.8 Å². The number of nitrogens with two attached hydrogens (primary N) is 1. The first-order valence-corrected chi connectivity index (χ1v) is 7.24. The molecule has 0 radical (unpaired) electrons. The lowest BCUT2D eigenvalue weighted by Crippen LogP contribution is -2.17. The molecule has 0 spiro atoms. The van der Waals surface area contributed by atoms with Crippen LogP contribution in [-0.4, -0.2) is 15.0 Å². The van der Waals surface area contributed by atoms with Gasteiger partial charge >= 0.3 is 0 Å². The highest BCUT2D eigenvalue weighted by atomic mass is 15.1. The second-order valence-corrected chi connectivity index (χ2v) is 5.71. The van der Waals surface area contributed by atoms with Crippen molar-refractivity contribution in [2.75, 3.05) is 5.73 Å². The highest BCUT2D eigenvalue weighted by Crippen LogP contribution is 2.35. The first-order chi connectivity index (χ1) is 9.65. The average Bonchev–Trinajstić information content (AvgIpc) is 2.46. The molecule has 1 atom stereocenters. The number of nitrogens with zero attached hydrogens (tertiary/aromatic N) is 3. The van der Waals surface area contributed by atoms with Crippen LogP contribution in [0.1, 0.15) is 61.3 Å². The summed E-state index contributed by atoms with van der Waals surface area (Å²) in [6.07, 6.45) is 3.40. The van der Waals surface area contributed by atoms with E-state index in [1.807, 2.05) is 0 Å². The summed E-state index contributed by atoms with van der Waals surface area (Å²) < 4.78 is 0. The van der Waals surface area contributed by atoms with Gasteiger partial charge in [-0.2, -0.15) is 9.97 Å². The Morgan fingerprint density at radius 1 is 1.15 bits per heavy atom. The van der Waals surface area contributed by atoms with Gasteiger partial charge in [0.2, 0.25) is 5.95 Å². The summed E-state index contributed by atoms with van der Waals surface area (Å²) in [4.78, 5) is 13.3. The zero-order valence-corrected chi connectivity index (χ0v) is 12.0. The molecular formula is C16H20N4. The summed E-state index contributed by atoms with van der Waals surface area (Å²) >= 11 is 0. The smallest absolute Gasteiger partial charge is 0.223 e. The SMILES string of the molecule is CC(C)c1nc(N)nc(C2CCCc3ccccc32)n1. The molecule has 0 saturated heterocycles. The van der Waals surface area contributed by atoms with Crippen LogP contribution >= 0.6 is 0 Å². The second kappa shape index (κ2) is 5.19. The van der Waals surface area contributed by atoms with Crippen LogP contribution in [0.25, 0.3) is 0 Å². The Morgan fingerprint density at radius 2 is 1.95 bits per heavy atom. The minimum Gasteiger partial charge on any atom is -0.368 e. The number of hydrogen-bond donors (Lipinski definition) is 1. The predicted octanol–water partition coefficient (Wildman–Crippen LogP) is 3.05. The van der Waals surface area contributed by atoms with E-state index in [4.69, 9.17) is 5.73 Å². The molecule has 1 aliphatic carbocycles. The van der Waals surface area contributed by atoms with Gasteiger partial charge in [-0.15, -0.1) is 0 Å². The number of fused-ring (bicyclic) bond motifs is 1. The fourth-order valence-corrected chi connectivity index (χ4v) is 2.86. The molecule has 4 nitrogen and oxygen atoms in total. The lowest BCUT2D eigenvalue weighted by molar-refractivity contribution is 0.580. The molecule has 1 aromatic carbocycles. The highest BCUT2D eigenvalue weighted by Gasteiger charge is 2.24. The molecule has 1 aromatic heterocycles. The fourth-order valence-electron chi connectivity index (χ4n) is 2.86. The zero-order valence-electron chi connectivity index (χ0n) is 12.0. The number of rotatable bonds is 2. The number of hydrogen-bond acceptors (Lipinski definition) is 4. The molecule has 3 rings (SSSR count). The van der Waals surface area contributed by atoms with Crippen LogP contribution in [0.15, 0.2) is 24.3 Å². The van der Waals surface area contributed by atoms with Gasteiger partial charge in [0.15, 0.2) is 0 Å². The Hall–Kier alpha value is -1.97. The van der Waals surface area contributed by atoms with Crippen molar-refractivity contribution in [2.45, 2.75) is 44.9 Å². The molecule has 4 heteroatoms. The average molecular weight is 268 g/mol. The lowest BCUT2D eigenvalue weighted by Gasteiger charge is -2.24. The first-order valence-electron chi connectivity index (χ1n) is 7.24. The number of aryl methyl sites for hydroxylation is 1. The third-order valence-electron chi connectivity index (χ3n) is 3.88. The number of nitrogen functional groups attached to an aromatic ring is 1. The quantitative estimate of drug-likeness (QED) is 0.909. The van der Waals surface area contributed by atoms with Crippen molar-refractivity contribution in [3.63, 3.8) is 0 Å². The summed E-state index contributed by atoms with van der Waals surface area (Å²) in [5.41, 5.74) is 8.62. The molecule has 20 heavy (non-hydrogen) atoms. The van der Waals surface area contributed by atoms with Gasteiger partial charge in [0.05, 0.1) is 0 Å². The van der Waals surface area contributed by atoms with Crippen molar-refractivity contribution in [3.05, 3.63) is 47.0 Å². The van der Waals surface area contributed by atoms with Gasteiger partial charge in [-0.3, -0.25) is 0 Å². The van der Waals surface area contributed by atoms with E-state index in [0.717, 1.165) is 24.5 Å². The first kappa shape index (κ1) is 13.0. The molecule has 2 aromatic rings. The van der Waals surface area contributed by atoms with Crippen LogP contribution in [0, 0.1) is 0 Å². The Kier molecular flexibility index (Phi) is 3.38. The van der Waals surface area contributed by atoms with E-state index in [0.29, 0.717) is 5.95 Å². The number of anilines is 1. The van der Waals surface area contributed by atoms with Crippen molar-refractivity contribution < 1.29 is 0 Å². The van der Waals surface area contributed by atoms with Gasteiger partial charge in [0.1, 0.15) is 11.6 Å². The van der Waals surface area contributed by atoms with Crippen LogP contribution in [0.5, 0.6) is 0 Å². The normalized spacial score (nSPS) is 18.1.